The molecule has 0 bridgehead atoms. The van der Waals surface area contributed by atoms with E-state index in [4.69, 9.17) is 35.3 Å². The minimum absolute atomic E-state index is 0.0172. The van der Waals surface area contributed by atoms with Crippen LogP contribution in [-0.2, 0) is 18.9 Å². The zero-order valence-electron chi connectivity index (χ0n) is 18.4. The van der Waals surface area contributed by atoms with Crippen molar-refractivity contribution in [3.05, 3.63) is 53.1 Å². The predicted molar refractivity (Wildman–Crippen MR) is 114 cm³/mol. The van der Waals surface area contributed by atoms with Crippen molar-refractivity contribution in [2.24, 2.45) is 0 Å². The summed E-state index contributed by atoms with van der Waals surface area (Å²) < 4.78 is 58.6. The molecule has 0 saturated carbocycles. The van der Waals surface area contributed by atoms with Crippen molar-refractivity contribution in [2.45, 2.75) is 50.3 Å². The summed E-state index contributed by atoms with van der Waals surface area (Å²) in [5.41, 5.74) is 0.487. The first kappa shape index (κ1) is 23.3. The maximum atomic E-state index is 14.5. The zero-order chi connectivity index (χ0) is 24.2. The van der Waals surface area contributed by atoms with Crippen LogP contribution < -0.4 is 4.74 Å². The number of benzene rings is 1. The van der Waals surface area contributed by atoms with Crippen molar-refractivity contribution in [3.63, 3.8) is 0 Å². The highest BCUT2D eigenvalue weighted by Gasteiger charge is 2.58. The number of hydrogen-bond acceptors (Lipinski definition) is 8. The summed E-state index contributed by atoms with van der Waals surface area (Å²) >= 11 is 6.19. The number of fused-ring (bicyclic) bond motifs is 2. The average Bonchev–Trinajstić information content (AvgIpc) is 3.45. The Balaban J connectivity index is 1.54. The van der Waals surface area contributed by atoms with E-state index >= 15 is 0 Å². The van der Waals surface area contributed by atoms with E-state index in [1.165, 1.54) is 19.5 Å². The van der Waals surface area contributed by atoms with E-state index in [2.05, 4.69) is 9.97 Å². The van der Waals surface area contributed by atoms with Gasteiger partial charge in [0.1, 0.15) is 41.5 Å². The molecule has 4 heterocycles. The average molecular weight is 498 g/mol. The van der Waals surface area contributed by atoms with Gasteiger partial charge >= 0.3 is 0 Å². The van der Waals surface area contributed by atoms with E-state index in [9.17, 15) is 13.9 Å². The molecular weight excluding hydrogens is 476 g/mol. The Kier molecular flexibility index (Phi) is 5.95. The third-order valence-corrected chi connectivity index (χ3v) is 6.13. The van der Waals surface area contributed by atoms with Gasteiger partial charge in [-0.1, -0.05) is 11.6 Å². The van der Waals surface area contributed by atoms with E-state index in [1.54, 1.807) is 30.7 Å². The molecule has 1 aromatic carbocycles. The van der Waals surface area contributed by atoms with Crippen molar-refractivity contribution in [1.82, 2.24) is 14.5 Å². The Bertz CT molecular complexity index is 1220. The van der Waals surface area contributed by atoms with Crippen molar-refractivity contribution in [2.75, 3.05) is 13.9 Å². The Morgan fingerprint density at radius 2 is 1.97 bits per heavy atom. The fraction of sp³-hybridized carbons (Fsp3) is 0.455. The van der Waals surface area contributed by atoms with Gasteiger partial charge < -0.3 is 33.4 Å². The molecule has 2 aliphatic heterocycles. The molecule has 9 nitrogen and oxygen atoms in total. The molecule has 0 amide bonds. The first-order valence-electron chi connectivity index (χ1n) is 10.5. The van der Waals surface area contributed by atoms with Crippen molar-refractivity contribution in [1.29, 1.82) is 0 Å². The van der Waals surface area contributed by atoms with Gasteiger partial charge in [0, 0.05) is 18.9 Å². The second-order valence-electron chi connectivity index (χ2n) is 8.46. The summed E-state index contributed by atoms with van der Waals surface area (Å²) in [7, 11) is 1.34. The number of rotatable bonds is 6. The molecule has 5 rings (SSSR count). The lowest BCUT2D eigenvalue weighted by molar-refractivity contribution is -0.207. The van der Waals surface area contributed by atoms with Crippen molar-refractivity contribution in [3.8, 4) is 5.75 Å². The molecule has 0 aliphatic carbocycles. The van der Waals surface area contributed by atoms with Crippen LogP contribution in [0.1, 0.15) is 31.7 Å². The summed E-state index contributed by atoms with van der Waals surface area (Å²) in [6, 6.07) is 3.89. The summed E-state index contributed by atoms with van der Waals surface area (Å²) in [5, 5.41) is 12.2. The lowest BCUT2D eigenvalue weighted by atomic mass is 9.98. The molecule has 2 fully saturated rings. The van der Waals surface area contributed by atoms with Crippen LogP contribution in [0.15, 0.2) is 30.7 Å². The molecule has 0 radical (unpaired) electrons. The van der Waals surface area contributed by atoms with Gasteiger partial charge in [-0.25, -0.2) is 14.4 Å². The van der Waals surface area contributed by atoms with Crippen LogP contribution in [0.2, 0.25) is 5.15 Å². The van der Waals surface area contributed by atoms with Crippen molar-refractivity contribution < 1.29 is 37.6 Å². The monoisotopic (exact) mass is 497 g/mol. The second kappa shape index (κ2) is 8.67. The second-order valence-corrected chi connectivity index (χ2v) is 8.81. The molecule has 182 valence electrons. The zero-order valence-corrected chi connectivity index (χ0v) is 19.2. The molecule has 2 aliphatic rings. The van der Waals surface area contributed by atoms with Gasteiger partial charge in [-0.2, -0.15) is 4.39 Å². The molecule has 3 aromatic rings. The topological polar surface area (TPSA) is 97.1 Å². The van der Waals surface area contributed by atoms with Gasteiger partial charge in [-0.3, -0.25) is 0 Å². The molecule has 2 aromatic heterocycles. The lowest BCUT2D eigenvalue weighted by Crippen LogP contribution is -2.34. The summed E-state index contributed by atoms with van der Waals surface area (Å²) in [6.07, 6.45) is -1.56. The molecule has 34 heavy (non-hydrogen) atoms. The Morgan fingerprint density at radius 3 is 2.74 bits per heavy atom. The predicted octanol–water partition coefficient (Wildman–Crippen LogP) is 3.50. The molecule has 1 N–H and O–H groups in total. The summed E-state index contributed by atoms with van der Waals surface area (Å²) in [6.45, 7) is 3.13. The van der Waals surface area contributed by atoms with Crippen LogP contribution in [0, 0.1) is 11.6 Å². The normalized spacial score (nSPS) is 26.7. The summed E-state index contributed by atoms with van der Waals surface area (Å²) in [5.74, 6) is -3.82. The van der Waals surface area contributed by atoms with Crippen LogP contribution in [-0.4, -0.2) is 57.6 Å². The van der Waals surface area contributed by atoms with Crippen molar-refractivity contribution >= 4 is 22.6 Å². The number of nitrogens with zero attached hydrogens (tertiary/aromatic N) is 3. The van der Waals surface area contributed by atoms with Gasteiger partial charge in [-0.15, -0.1) is 0 Å². The van der Waals surface area contributed by atoms with E-state index in [-0.39, 0.29) is 17.5 Å². The van der Waals surface area contributed by atoms with Crippen LogP contribution in [0.3, 0.4) is 0 Å². The number of methoxy groups -OCH3 is 1. The van der Waals surface area contributed by atoms with Crippen LogP contribution in [0.5, 0.6) is 5.75 Å². The largest absolute Gasteiger partial charge is 0.464 e. The van der Waals surface area contributed by atoms with Crippen LogP contribution in [0.4, 0.5) is 8.78 Å². The summed E-state index contributed by atoms with van der Waals surface area (Å²) in [4.78, 5) is 8.28. The van der Waals surface area contributed by atoms with Gasteiger partial charge in [0.15, 0.2) is 30.4 Å². The fourth-order valence-electron chi connectivity index (χ4n) is 4.45. The van der Waals surface area contributed by atoms with Gasteiger partial charge in [0.05, 0.1) is 5.39 Å². The van der Waals surface area contributed by atoms with E-state index in [0.717, 1.165) is 6.07 Å². The Labute approximate surface area is 198 Å². The molecule has 2 saturated heterocycles. The highest BCUT2D eigenvalue weighted by Crippen LogP contribution is 2.48. The Hall–Kier alpha value is -2.41. The highest BCUT2D eigenvalue weighted by atomic mass is 35.5. The van der Waals surface area contributed by atoms with E-state index < -0.39 is 53.8 Å². The number of aliphatic hydroxyl groups is 1. The highest BCUT2D eigenvalue weighted by molar-refractivity contribution is 6.33. The number of ether oxygens (including phenoxy) is 5. The fourth-order valence-corrected chi connectivity index (χ4v) is 4.64. The maximum absolute atomic E-state index is 14.5. The number of aromatic nitrogens is 3. The standard InChI is InChI=1S/C22H22ClF2N3O6/c1-22(2)33-17-16(14(29)10-4-5-12(24)13(25)15(10)31-9-30-3)32-21(18(17)34-22)28-7-6-11-19(23)26-8-27-20(11)28/h4-8,14,16-18,21,29H,9H2,1-3H3/t14-,16-,17-,18-,21?/m1/s1. The van der Waals surface area contributed by atoms with Gasteiger partial charge in [0.2, 0.25) is 5.82 Å². The number of aliphatic hydroxyl groups excluding tert-OH is 1. The third kappa shape index (κ3) is 3.82. The first-order chi connectivity index (χ1) is 16.2. The quantitative estimate of drug-likeness (QED) is 0.408. The van der Waals surface area contributed by atoms with Crippen LogP contribution >= 0.6 is 11.6 Å². The SMILES string of the molecule is COCOc1c([C@@H](O)[C@H]2OC(n3ccc4c(Cl)ncnc43)[C@@H]3OC(C)(C)O[C@H]23)ccc(F)c1F. The minimum Gasteiger partial charge on any atom is -0.464 e. The molecule has 5 atom stereocenters. The molecule has 0 spiro atoms. The Morgan fingerprint density at radius 1 is 1.21 bits per heavy atom. The smallest absolute Gasteiger partial charge is 0.201 e. The lowest BCUT2D eigenvalue weighted by Gasteiger charge is -2.28. The van der Waals surface area contributed by atoms with E-state index in [0.29, 0.717) is 11.0 Å². The molecule has 1 unspecified atom stereocenters. The van der Waals surface area contributed by atoms with E-state index in [1.807, 2.05) is 0 Å². The van der Waals surface area contributed by atoms with Gasteiger partial charge in [0.25, 0.3) is 0 Å². The number of halogens is 3. The number of hydrogen-bond donors (Lipinski definition) is 1. The first-order valence-corrected chi connectivity index (χ1v) is 10.9. The molecular formula is C22H22ClF2N3O6. The molecule has 12 heteroatoms. The minimum atomic E-state index is -1.45. The maximum Gasteiger partial charge on any atom is 0.201 e. The van der Waals surface area contributed by atoms with Crippen LogP contribution in [0.25, 0.3) is 11.0 Å². The third-order valence-electron chi connectivity index (χ3n) is 5.83. The van der Waals surface area contributed by atoms with Gasteiger partial charge in [-0.05, 0) is 32.0 Å².